The van der Waals surface area contributed by atoms with Crippen molar-refractivity contribution in [1.82, 2.24) is 5.32 Å². The van der Waals surface area contributed by atoms with E-state index in [4.69, 9.17) is 11.6 Å². The van der Waals surface area contributed by atoms with E-state index in [0.29, 0.717) is 5.75 Å². The van der Waals surface area contributed by atoms with Gasteiger partial charge in [-0.25, -0.2) is 0 Å². The standard InChI is InChI=1S/C15H16ClNO2S2/c16-14-7-6-12(21-14)9-20-10-15(19)17-13(8-18)11-4-2-1-3-5-11/h1-7,13,18H,8-10H2,(H,17,19)/t13-/m0/s1. The molecule has 0 radical (unpaired) electrons. The molecule has 1 heterocycles. The van der Waals surface area contributed by atoms with Crippen LogP contribution in [0.5, 0.6) is 0 Å². The summed E-state index contributed by atoms with van der Waals surface area (Å²) in [5.74, 6) is 1.05. The van der Waals surface area contributed by atoms with Crippen LogP contribution in [0.2, 0.25) is 4.34 Å². The maximum atomic E-state index is 11.9. The summed E-state index contributed by atoms with van der Waals surface area (Å²) in [5.41, 5.74) is 0.906. The van der Waals surface area contributed by atoms with E-state index < -0.39 is 0 Å². The fraction of sp³-hybridized carbons (Fsp3) is 0.267. The van der Waals surface area contributed by atoms with Gasteiger partial charge in [0.25, 0.3) is 0 Å². The van der Waals surface area contributed by atoms with E-state index >= 15 is 0 Å². The molecule has 2 rings (SSSR count). The van der Waals surface area contributed by atoms with Gasteiger partial charge in [0, 0.05) is 10.6 Å². The smallest absolute Gasteiger partial charge is 0.230 e. The second-order valence-corrected chi connectivity index (χ2v) is 7.20. The second-order valence-electron chi connectivity index (χ2n) is 4.41. The predicted molar refractivity (Wildman–Crippen MR) is 89.9 cm³/mol. The summed E-state index contributed by atoms with van der Waals surface area (Å²) in [7, 11) is 0. The molecule has 2 aromatic rings. The number of carbonyl (C=O) groups is 1. The summed E-state index contributed by atoms with van der Waals surface area (Å²) in [6.45, 7) is -0.110. The van der Waals surface area contributed by atoms with Crippen LogP contribution >= 0.6 is 34.7 Å². The number of carbonyl (C=O) groups excluding carboxylic acids is 1. The summed E-state index contributed by atoms with van der Waals surface area (Å²) in [5, 5.41) is 12.2. The lowest BCUT2D eigenvalue weighted by molar-refractivity contribution is -0.119. The summed E-state index contributed by atoms with van der Waals surface area (Å²) in [4.78, 5) is 13.1. The first-order chi connectivity index (χ1) is 10.2. The van der Waals surface area contributed by atoms with Gasteiger partial charge in [0.05, 0.1) is 22.7 Å². The molecule has 0 saturated carbocycles. The van der Waals surface area contributed by atoms with Crippen LogP contribution < -0.4 is 5.32 Å². The molecule has 0 saturated heterocycles. The highest BCUT2D eigenvalue weighted by molar-refractivity contribution is 7.99. The summed E-state index contributed by atoms with van der Waals surface area (Å²) in [6, 6.07) is 12.9. The third kappa shape index (κ3) is 5.36. The van der Waals surface area contributed by atoms with Crippen LogP contribution in [0.3, 0.4) is 0 Å². The zero-order valence-corrected chi connectivity index (χ0v) is 13.7. The molecule has 0 aliphatic heterocycles. The molecule has 1 atom stereocenters. The van der Waals surface area contributed by atoms with Gasteiger partial charge in [-0.1, -0.05) is 41.9 Å². The molecule has 0 fully saturated rings. The van der Waals surface area contributed by atoms with Crippen molar-refractivity contribution in [2.24, 2.45) is 0 Å². The van der Waals surface area contributed by atoms with Gasteiger partial charge in [-0.3, -0.25) is 4.79 Å². The highest BCUT2D eigenvalue weighted by atomic mass is 35.5. The number of aliphatic hydroxyl groups excluding tert-OH is 1. The predicted octanol–water partition coefficient (Wildman–Crippen LogP) is 3.48. The van der Waals surface area contributed by atoms with Crippen LogP contribution in [0.15, 0.2) is 42.5 Å². The maximum absolute atomic E-state index is 11.9. The molecule has 1 aromatic heterocycles. The monoisotopic (exact) mass is 341 g/mol. The van der Waals surface area contributed by atoms with E-state index in [1.807, 2.05) is 42.5 Å². The Bertz CT molecular complexity index is 574. The molecule has 0 spiro atoms. The average molecular weight is 342 g/mol. The SMILES string of the molecule is O=C(CSCc1ccc(Cl)s1)N[C@@H](CO)c1ccccc1. The minimum Gasteiger partial charge on any atom is -0.394 e. The molecule has 2 N–H and O–H groups in total. The average Bonchev–Trinajstić information content (AvgIpc) is 2.91. The van der Waals surface area contributed by atoms with E-state index in [1.54, 1.807) is 0 Å². The maximum Gasteiger partial charge on any atom is 0.230 e. The van der Waals surface area contributed by atoms with Crippen molar-refractivity contribution >= 4 is 40.6 Å². The topological polar surface area (TPSA) is 49.3 Å². The van der Waals surface area contributed by atoms with E-state index in [0.717, 1.165) is 20.5 Å². The lowest BCUT2D eigenvalue weighted by Crippen LogP contribution is -2.32. The minimum absolute atomic E-state index is 0.0782. The molecule has 0 aliphatic rings. The molecular formula is C15H16ClNO2S2. The van der Waals surface area contributed by atoms with Gasteiger partial charge < -0.3 is 10.4 Å². The van der Waals surface area contributed by atoms with Crippen LogP contribution in [0, 0.1) is 0 Å². The summed E-state index contributed by atoms with van der Waals surface area (Å²) >= 11 is 8.92. The number of thioether (sulfide) groups is 1. The van der Waals surface area contributed by atoms with Crippen molar-refractivity contribution in [2.45, 2.75) is 11.8 Å². The summed E-state index contributed by atoms with van der Waals surface area (Å²) < 4.78 is 0.763. The minimum atomic E-state index is -0.351. The van der Waals surface area contributed by atoms with Gasteiger partial charge in [0.2, 0.25) is 5.91 Å². The third-order valence-corrected chi connectivity index (χ3v) is 5.22. The van der Waals surface area contributed by atoms with Crippen LogP contribution in [0.25, 0.3) is 0 Å². The number of aliphatic hydroxyl groups is 1. The van der Waals surface area contributed by atoms with Crippen molar-refractivity contribution in [2.75, 3.05) is 12.4 Å². The van der Waals surface area contributed by atoms with E-state index in [9.17, 15) is 9.90 Å². The zero-order chi connectivity index (χ0) is 15.1. The van der Waals surface area contributed by atoms with Gasteiger partial charge in [-0.15, -0.1) is 23.1 Å². The number of thiophene rings is 1. The van der Waals surface area contributed by atoms with Crippen LogP contribution in [0.4, 0.5) is 0 Å². The number of rotatable bonds is 7. The van der Waals surface area contributed by atoms with Crippen molar-refractivity contribution < 1.29 is 9.90 Å². The quantitative estimate of drug-likeness (QED) is 0.810. The van der Waals surface area contributed by atoms with Crippen molar-refractivity contribution in [3.05, 3.63) is 57.2 Å². The lowest BCUT2D eigenvalue weighted by atomic mass is 10.1. The largest absolute Gasteiger partial charge is 0.394 e. The lowest BCUT2D eigenvalue weighted by Gasteiger charge is -2.16. The Morgan fingerprint density at radius 1 is 1.29 bits per heavy atom. The molecule has 0 bridgehead atoms. The molecular weight excluding hydrogens is 326 g/mol. The van der Waals surface area contributed by atoms with Crippen molar-refractivity contribution in [3.63, 3.8) is 0 Å². The van der Waals surface area contributed by atoms with E-state index in [2.05, 4.69) is 5.32 Å². The Hall–Kier alpha value is -1.01. The van der Waals surface area contributed by atoms with E-state index in [-0.39, 0.29) is 18.6 Å². The molecule has 6 heteroatoms. The number of benzene rings is 1. The van der Waals surface area contributed by atoms with Gasteiger partial charge in [-0.2, -0.15) is 0 Å². The normalized spacial score (nSPS) is 12.1. The Labute approximate surface area is 137 Å². The third-order valence-electron chi connectivity index (χ3n) is 2.83. The number of hydrogen-bond acceptors (Lipinski definition) is 4. The first kappa shape index (κ1) is 16.4. The zero-order valence-electron chi connectivity index (χ0n) is 11.3. The Kier molecular flexibility index (Phi) is 6.57. The van der Waals surface area contributed by atoms with Crippen LogP contribution in [-0.2, 0) is 10.5 Å². The van der Waals surface area contributed by atoms with E-state index in [1.165, 1.54) is 23.1 Å². The van der Waals surface area contributed by atoms with Crippen LogP contribution in [-0.4, -0.2) is 23.4 Å². The highest BCUT2D eigenvalue weighted by Crippen LogP contribution is 2.25. The first-order valence-corrected chi connectivity index (χ1v) is 8.81. The fourth-order valence-corrected chi connectivity index (χ4v) is 3.87. The van der Waals surface area contributed by atoms with Crippen molar-refractivity contribution in [3.8, 4) is 0 Å². The Balaban J connectivity index is 1.78. The van der Waals surface area contributed by atoms with Crippen LogP contribution in [0.1, 0.15) is 16.5 Å². The number of hydrogen-bond donors (Lipinski definition) is 2. The molecule has 21 heavy (non-hydrogen) atoms. The molecule has 0 unspecified atom stereocenters. The highest BCUT2D eigenvalue weighted by Gasteiger charge is 2.13. The van der Waals surface area contributed by atoms with Gasteiger partial charge in [0.1, 0.15) is 0 Å². The Morgan fingerprint density at radius 3 is 2.67 bits per heavy atom. The fourth-order valence-electron chi connectivity index (χ4n) is 1.83. The van der Waals surface area contributed by atoms with Crippen molar-refractivity contribution in [1.29, 1.82) is 0 Å². The summed E-state index contributed by atoms with van der Waals surface area (Å²) in [6.07, 6.45) is 0. The molecule has 3 nitrogen and oxygen atoms in total. The Morgan fingerprint density at radius 2 is 2.05 bits per heavy atom. The molecule has 112 valence electrons. The second kappa shape index (κ2) is 8.44. The molecule has 0 aliphatic carbocycles. The van der Waals surface area contributed by atoms with Gasteiger partial charge in [0.15, 0.2) is 0 Å². The van der Waals surface area contributed by atoms with Gasteiger partial charge in [-0.05, 0) is 17.7 Å². The number of nitrogens with one attached hydrogen (secondary N) is 1. The first-order valence-electron chi connectivity index (χ1n) is 6.46. The number of amides is 1. The molecule has 1 amide bonds. The van der Waals surface area contributed by atoms with Gasteiger partial charge >= 0.3 is 0 Å². The number of halogens is 1. The molecule has 1 aromatic carbocycles.